The Morgan fingerprint density at radius 3 is 2.59 bits per heavy atom. The van der Waals surface area contributed by atoms with Crippen molar-refractivity contribution >= 4 is 11.7 Å². The van der Waals surface area contributed by atoms with Crippen molar-refractivity contribution in [1.29, 1.82) is 0 Å². The number of hydrogen-bond acceptors (Lipinski definition) is 5. The van der Waals surface area contributed by atoms with Gasteiger partial charge in [0.05, 0.1) is 0 Å². The third-order valence-electron chi connectivity index (χ3n) is 4.07. The summed E-state index contributed by atoms with van der Waals surface area (Å²) in [6.07, 6.45) is 2.25. The van der Waals surface area contributed by atoms with E-state index >= 15 is 0 Å². The van der Waals surface area contributed by atoms with Gasteiger partial charge in [0.2, 0.25) is 0 Å². The SMILES string of the molecule is CCCCN(C)c1cc(C(=O)N2CCN(C)CC2)nc(C)n1. The summed E-state index contributed by atoms with van der Waals surface area (Å²) < 4.78 is 0. The van der Waals surface area contributed by atoms with Crippen LogP contribution in [0.3, 0.4) is 0 Å². The molecule has 0 aromatic carbocycles. The van der Waals surface area contributed by atoms with E-state index in [0.29, 0.717) is 11.5 Å². The molecule has 122 valence electrons. The monoisotopic (exact) mass is 305 g/mol. The summed E-state index contributed by atoms with van der Waals surface area (Å²) in [6.45, 7) is 8.31. The number of aryl methyl sites for hydroxylation is 1. The van der Waals surface area contributed by atoms with E-state index in [0.717, 1.165) is 51.4 Å². The van der Waals surface area contributed by atoms with Crippen LogP contribution in [0.25, 0.3) is 0 Å². The summed E-state index contributed by atoms with van der Waals surface area (Å²) in [7, 11) is 4.10. The molecule has 1 fully saturated rings. The smallest absolute Gasteiger partial charge is 0.272 e. The molecule has 6 heteroatoms. The fourth-order valence-corrected chi connectivity index (χ4v) is 2.54. The third kappa shape index (κ3) is 4.16. The average Bonchev–Trinajstić information content (AvgIpc) is 2.52. The van der Waals surface area contributed by atoms with Gasteiger partial charge < -0.3 is 14.7 Å². The topological polar surface area (TPSA) is 52.6 Å². The molecule has 0 radical (unpaired) electrons. The standard InChI is InChI=1S/C16H27N5O/c1-5-6-7-20(4)15-12-14(17-13(2)18-15)16(22)21-10-8-19(3)9-11-21/h12H,5-11H2,1-4H3. The molecule has 0 atom stereocenters. The first-order valence-electron chi connectivity index (χ1n) is 8.06. The minimum absolute atomic E-state index is 0.0174. The Hall–Kier alpha value is -1.69. The van der Waals surface area contributed by atoms with Crippen LogP contribution in [0, 0.1) is 6.92 Å². The number of unbranched alkanes of at least 4 members (excludes halogenated alkanes) is 1. The van der Waals surface area contributed by atoms with Gasteiger partial charge >= 0.3 is 0 Å². The van der Waals surface area contributed by atoms with Crippen LogP contribution in [0.2, 0.25) is 0 Å². The summed E-state index contributed by atoms with van der Waals surface area (Å²) in [6, 6.07) is 1.82. The van der Waals surface area contributed by atoms with Crippen LogP contribution >= 0.6 is 0 Å². The molecule has 1 amide bonds. The highest BCUT2D eigenvalue weighted by atomic mass is 16.2. The van der Waals surface area contributed by atoms with Crippen molar-refractivity contribution in [3.63, 3.8) is 0 Å². The van der Waals surface area contributed by atoms with E-state index in [4.69, 9.17) is 0 Å². The second-order valence-electron chi connectivity index (χ2n) is 6.03. The molecule has 2 heterocycles. The van der Waals surface area contributed by atoms with Gasteiger partial charge in [0.25, 0.3) is 5.91 Å². The lowest BCUT2D eigenvalue weighted by Crippen LogP contribution is -2.47. The predicted octanol–water partition coefficient (Wildman–Crippen LogP) is 1.41. The summed E-state index contributed by atoms with van der Waals surface area (Å²) in [5.74, 6) is 1.50. The number of amides is 1. The molecule has 6 nitrogen and oxygen atoms in total. The largest absolute Gasteiger partial charge is 0.360 e. The van der Waals surface area contributed by atoms with Gasteiger partial charge in [-0.1, -0.05) is 13.3 Å². The van der Waals surface area contributed by atoms with E-state index in [2.05, 4.69) is 33.7 Å². The second-order valence-corrected chi connectivity index (χ2v) is 6.03. The van der Waals surface area contributed by atoms with Crippen LogP contribution in [0.5, 0.6) is 0 Å². The Labute approximate surface area is 133 Å². The molecule has 1 aliphatic heterocycles. The zero-order chi connectivity index (χ0) is 16.1. The molecular formula is C16H27N5O. The first-order chi connectivity index (χ1) is 10.5. The van der Waals surface area contributed by atoms with Crippen LogP contribution in [0.1, 0.15) is 36.1 Å². The van der Waals surface area contributed by atoms with E-state index in [1.165, 1.54) is 0 Å². The van der Waals surface area contributed by atoms with Crippen molar-refractivity contribution in [2.75, 3.05) is 51.7 Å². The number of piperazine rings is 1. The van der Waals surface area contributed by atoms with E-state index < -0.39 is 0 Å². The molecular weight excluding hydrogens is 278 g/mol. The van der Waals surface area contributed by atoms with E-state index in [-0.39, 0.29) is 5.91 Å². The Morgan fingerprint density at radius 2 is 1.95 bits per heavy atom. The summed E-state index contributed by atoms with van der Waals surface area (Å²) in [5.41, 5.74) is 0.510. The molecule has 2 rings (SSSR count). The third-order valence-corrected chi connectivity index (χ3v) is 4.07. The molecule has 1 aliphatic rings. The molecule has 0 aliphatic carbocycles. The van der Waals surface area contributed by atoms with Gasteiger partial charge in [-0.2, -0.15) is 0 Å². The Bertz CT molecular complexity index is 511. The number of aromatic nitrogens is 2. The van der Waals surface area contributed by atoms with Crippen molar-refractivity contribution in [2.45, 2.75) is 26.7 Å². The van der Waals surface area contributed by atoms with Crippen molar-refractivity contribution < 1.29 is 4.79 Å². The average molecular weight is 305 g/mol. The van der Waals surface area contributed by atoms with Crippen LogP contribution in [-0.2, 0) is 0 Å². The number of likely N-dealkylation sites (N-methyl/N-ethyl adjacent to an activating group) is 1. The Balaban J connectivity index is 2.13. The minimum atomic E-state index is 0.0174. The maximum atomic E-state index is 12.6. The van der Waals surface area contributed by atoms with Crippen LogP contribution in [-0.4, -0.2) is 72.5 Å². The molecule has 0 N–H and O–H groups in total. The summed E-state index contributed by atoms with van der Waals surface area (Å²) in [4.78, 5) is 27.7. The minimum Gasteiger partial charge on any atom is -0.360 e. The fraction of sp³-hybridized carbons (Fsp3) is 0.688. The lowest BCUT2D eigenvalue weighted by atomic mass is 10.2. The lowest BCUT2D eigenvalue weighted by molar-refractivity contribution is 0.0658. The Morgan fingerprint density at radius 1 is 1.27 bits per heavy atom. The molecule has 1 aromatic heterocycles. The molecule has 0 saturated carbocycles. The highest BCUT2D eigenvalue weighted by Gasteiger charge is 2.22. The lowest BCUT2D eigenvalue weighted by Gasteiger charge is -2.32. The van der Waals surface area contributed by atoms with Gasteiger partial charge in [0.1, 0.15) is 17.3 Å². The van der Waals surface area contributed by atoms with Crippen molar-refractivity contribution in [3.05, 3.63) is 17.6 Å². The normalized spacial score (nSPS) is 15.9. The van der Waals surface area contributed by atoms with Gasteiger partial charge in [-0.15, -0.1) is 0 Å². The fourth-order valence-electron chi connectivity index (χ4n) is 2.54. The first-order valence-corrected chi connectivity index (χ1v) is 8.06. The van der Waals surface area contributed by atoms with Gasteiger partial charge in [-0.3, -0.25) is 4.79 Å². The molecule has 22 heavy (non-hydrogen) atoms. The summed E-state index contributed by atoms with van der Waals surface area (Å²) in [5, 5.41) is 0. The van der Waals surface area contributed by atoms with E-state index in [9.17, 15) is 4.79 Å². The number of anilines is 1. The molecule has 0 bridgehead atoms. The van der Waals surface area contributed by atoms with Crippen molar-refractivity contribution in [1.82, 2.24) is 19.8 Å². The zero-order valence-corrected chi connectivity index (χ0v) is 14.2. The number of carbonyl (C=O) groups is 1. The summed E-state index contributed by atoms with van der Waals surface area (Å²) >= 11 is 0. The van der Waals surface area contributed by atoms with Gasteiger partial charge in [0.15, 0.2) is 0 Å². The predicted molar refractivity (Wildman–Crippen MR) is 88.3 cm³/mol. The molecule has 0 spiro atoms. The van der Waals surface area contributed by atoms with Crippen LogP contribution in [0.4, 0.5) is 5.82 Å². The maximum absolute atomic E-state index is 12.6. The Kier molecular flexibility index (Phi) is 5.71. The highest BCUT2D eigenvalue weighted by Crippen LogP contribution is 2.14. The molecule has 0 unspecified atom stereocenters. The second kappa shape index (κ2) is 7.54. The molecule has 1 aromatic rings. The van der Waals surface area contributed by atoms with Crippen LogP contribution < -0.4 is 4.90 Å². The van der Waals surface area contributed by atoms with Gasteiger partial charge in [0, 0.05) is 45.8 Å². The van der Waals surface area contributed by atoms with E-state index in [1.54, 1.807) is 0 Å². The highest BCUT2D eigenvalue weighted by molar-refractivity contribution is 5.93. The maximum Gasteiger partial charge on any atom is 0.272 e. The first kappa shape index (κ1) is 16.7. The quantitative estimate of drug-likeness (QED) is 0.823. The van der Waals surface area contributed by atoms with Crippen molar-refractivity contribution in [2.24, 2.45) is 0 Å². The van der Waals surface area contributed by atoms with Gasteiger partial charge in [-0.25, -0.2) is 9.97 Å². The number of rotatable bonds is 5. The van der Waals surface area contributed by atoms with Gasteiger partial charge in [-0.05, 0) is 20.4 Å². The van der Waals surface area contributed by atoms with Crippen LogP contribution in [0.15, 0.2) is 6.07 Å². The van der Waals surface area contributed by atoms with E-state index in [1.807, 2.05) is 24.9 Å². The number of nitrogens with zero attached hydrogens (tertiary/aromatic N) is 5. The zero-order valence-electron chi connectivity index (χ0n) is 14.2. The number of carbonyl (C=O) groups excluding carboxylic acids is 1. The van der Waals surface area contributed by atoms with Crippen molar-refractivity contribution in [3.8, 4) is 0 Å². The molecule has 1 saturated heterocycles. The number of hydrogen-bond donors (Lipinski definition) is 0.